The molecule has 0 spiro atoms. The van der Waals surface area contributed by atoms with Crippen molar-refractivity contribution in [3.63, 3.8) is 0 Å². The zero-order valence-corrected chi connectivity index (χ0v) is 7.94. The summed E-state index contributed by atoms with van der Waals surface area (Å²) in [7, 11) is 0. The first-order valence-electron chi connectivity index (χ1n) is 4.33. The molecule has 2 N–H and O–H groups in total. The van der Waals surface area contributed by atoms with E-state index in [9.17, 15) is 13.2 Å². The summed E-state index contributed by atoms with van der Waals surface area (Å²) in [6, 6.07) is 5.04. The van der Waals surface area contributed by atoms with Gasteiger partial charge in [-0.15, -0.1) is 5.10 Å². The molecule has 1 aromatic heterocycles. The Bertz CT molecular complexity index is 503. The molecule has 2 aromatic rings. The van der Waals surface area contributed by atoms with Gasteiger partial charge in [-0.25, -0.2) is 0 Å². The SMILES string of the molecule is Nc1cnnn1-c1ccccc1C(F)(F)F. The Kier molecular flexibility index (Phi) is 2.30. The van der Waals surface area contributed by atoms with Gasteiger partial charge in [0.2, 0.25) is 0 Å². The first-order valence-corrected chi connectivity index (χ1v) is 4.33. The van der Waals surface area contributed by atoms with Gasteiger partial charge in [0.05, 0.1) is 17.4 Å². The number of anilines is 1. The molecule has 1 heterocycles. The molecule has 0 aliphatic carbocycles. The van der Waals surface area contributed by atoms with E-state index in [-0.39, 0.29) is 11.5 Å². The predicted molar refractivity (Wildman–Crippen MR) is 50.8 cm³/mol. The number of benzene rings is 1. The van der Waals surface area contributed by atoms with Crippen LogP contribution < -0.4 is 5.73 Å². The van der Waals surface area contributed by atoms with Crippen molar-refractivity contribution in [2.24, 2.45) is 0 Å². The largest absolute Gasteiger partial charge is 0.418 e. The molecular formula is C9H7F3N4. The second-order valence-electron chi connectivity index (χ2n) is 3.09. The summed E-state index contributed by atoms with van der Waals surface area (Å²) < 4.78 is 39.0. The van der Waals surface area contributed by atoms with Crippen molar-refractivity contribution in [2.45, 2.75) is 6.18 Å². The van der Waals surface area contributed by atoms with E-state index in [1.54, 1.807) is 0 Å². The summed E-state index contributed by atoms with van der Waals surface area (Å²) in [5.74, 6) is 0.0525. The molecule has 0 radical (unpaired) electrons. The van der Waals surface area contributed by atoms with Crippen molar-refractivity contribution in [2.75, 3.05) is 5.73 Å². The molecule has 4 nitrogen and oxygen atoms in total. The second kappa shape index (κ2) is 3.51. The average Bonchev–Trinajstić information content (AvgIpc) is 2.63. The number of rotatable bonds is 1. The quantitative estimate of drug-likeness (QED) is 0.810. The minimum absolute atomic E-state index is 0.0525. The Hall–Kier alpha value is -2.05. The van der Waals surface area contributed by atoms with Crippen molar-refractivity contribution < 1.29 is 13.2 Å². The molecule has 0 aliphatic rings. The number of hydrogen-bond donors (Lipinski definition) is 1. The monoisotopic (exact) mass is 228 g/mol. The topological polar surface area (TPSA) is 56.7 Å². The minimum Gasteiger partial charge on any atom is -0.382 e. The van der Waals surface area contributed by atoms with E-state index >= 15 is 0 Å². The molecule has 1 aromatic carbocycles. The van der Waals surface area contributed by atoms with Crippen LogP contribution in [0.2, 0.25) is 0 Å². The average molecular weight is 228 g/mol. The second-order valence-corrected chi connectivity index (χ2v) is 3.09. The fraction of sp³-hybridized carbons (Fsp3) is 0.111. The molecule has 0 fully saturated rings. The zero-order valence-electron chi connectivity index (χ0n) is 7.94. The maximum absolute atomic E-state index is 12.7. The van der Waals surface area contributed by atoms with Gasteiger partial charge in [0, 0.05) is 0 Å². The maximum Gasteiger partial charge on any atom is 0.418 e. The van der Waals surface area contributed by atoms with Gasteiger partial charge in [-0.1, -0.05) is 17.3 Å². The van der Waals surface area contributed by atoms with Crippen LogP contribution in [0.4, 0.5) is 19.0 Å². The number of para-hydroxylation sites is 1. The molecule has 0 saturated heterocycles. The molecule has 7 heteroatoms. The third-order valence-electron chi connectivity index (χ3n) is 2.01. The van der Waals surface area contributed by atoms with E-state index in [4.69, 9.17) is 5.73 Å². The first-order chi connectivity index (χ1) is 7.50. The minimum atomic E-state index is -4.45. The molecule has 0 aliphatic heterocycles. The summed E-state index contributed by atoms with van der Waals surface area (Å²) >= 11 is 0. The highest BCUT2D eigenvalue weighted by Gasteiger charge is 2.34. The molecule has 0 bridgehead atoms. The van der Waals surface area contributed by atoms with Gasteiger partial charge in [0.1, 0.15) is 5.82 Å². The fourth-order valence-electron chi connectivity index (χ4n) is 1.33. The number of aromatic nitrogens is 3. The van der Waals surface area contributed by atoms with Crippen LogP contribution in [0.25, 0.3) is 5.69 Å². The van der Waals surface area contributed by atoms with E-state index in [0.717, 1.165) is 10.7 Å². The smallest absolute Gasteiger partial charge is 0.382 e. The number of hydrogen-bond acceptors (Lipinski definition) is 3. The van der Waals surface area contributed by atoms with Gasteiger partial charge in [-0.2, -0.15) is 17.9 Å². The van der Waals surface area contributed by atoms with E-state index in [1.807, 2.05) is 0 Å². The van der Waals surface area contributed by atoms with Crippen molar-refractivity contribution in [1.82, 2.24) is 15.0 Å². The number of halogens is 3. The van der Waals surface area contributed by atoms with Crippen LogP contribution in [0, 0.1) is 0 Å². The van der Waals surface area contributed by atoms with Crippen LogP contribution in [0.15, 0.2) is 30.5 Å². The lowest BCUT2D eigenvalue weighted by atomic mass is 10.1. The summed E-state index contributed by atoms with van der Waals surface area (Å²) in [5, 5.41) is 6.94. The molecule has 84 valence electrons. The lowest BCUT2D eigenvalue weighted by Crippen LogP contribution is -2.12. The van der Waals surface area contributed by atoms with Crippen molar-refractivity contribution >= 4 is 5.82 Å². The zero-order chi connectivity index (χ0) is 11.8. The molecule has 0 saturated carbocycles. The third-order valence-corrected chi connectivity index (χ3v) is 2.01. The Morgan fingerprint density at radius 2 is 1.88 bits per heavy atom. The van der Waals surface area contributed by atoms with Crippen LogP contribution in [0.3, 0.4) is 0 Å². The Labute approximate surface area is 88.5 Å². The number of nitrogen functional groups attached to an aromatic ring is 1. The van der Waals surface area contributed by atoms with Crippen LogP contribution in [0.1, 0.15) is 5.56 Å². The summed E-state index contributed by atoms with van der Waals surface area (Å²) in [4.78, 5) is 0. The number of nitrogens with zero attached hydrogens (tertiary/aromatic N) is 3. The Morgan fingerprint density at radius 1 is 1.19 bits per heavy atom. The van der Waals surface area contributed by atoms with Crippen LogP contribution >= 0.6 is 0 Å². The lowest BCUT2D eigenvalue weighted by molar-refractivity contribution is -0.137. The summed E-state index contributed by atoms with van der Waals surface area (Å²) in [5.41, 5.74) is 4.52. The molecular weight excluding hydrogens is 221 g/mol. The first kappa shape index (κ1) is 10.5. The van der Waals surface area contributed by atoms with Gasteiger partial charge < -0.3 is 5.73 Å². The standard InChI is InChI=1S/C9H7F3N4/c10-9(11,12)6-3-1-2-4-7(6)16-8(13)5-14-15-16/h1-5H,13H2. The molecule has 0 unspecified atom stereocenters. The molecule has 16 heavy (non-hydrogen) atoms. The Balaban J connectivity index is 2.62. The van der Waals surface area contributed by atoms with Crippen molar-refractivity contribution in [1.29, 1.82) is 0 Å². The van der Waals surface area contributed by atoms with Gasteiger partial charge >= 0.3 is 6.18 Å². The van der Waals surface area contributed by atoms with Crippen LogP contribution in [-0.4, -0.2) is 15.0 Å². The lowest BCUT2D eigenvalue weighted by Gasteiger charge is -2.12. The normalized spacial score (nSPS) is 11.7. The van der Waals surface area contributed by atoms with Crippen molar-refractivity contribution in [3.8, 4) is 5.69 Å². The summed E-state index contributed by atoms with van der Waals surface area (Å²) in [6.07, 6.45) is -3.26. The maximum atomic E-state index is 12.7. The molecule has 0 amide bonds. The summed E-state index contributed by atoms with van der Waals surface area (Å²) in [6.45, 7) is 0. The van der Waals surface area contributed by atoms with E-state index in [1.165, 1.54) is 24.4 Å². The van der Waals surface area contributed by atoms with Crippen LogP contribution in [0.5, 0.6) is 0 Å². The van der Waals surface area contributed by atoms with E-state index in [2.05, 4.69) is 10.3 Å². The van der Waals surface area contributed by atoms with E-state index < -0.39 is 11.7 Å². The van der Waals surface area contributed by atoms with Gasteiger partial charge in [0.15, 0.2) is 0 Å². The van der Waals surface area contributed by atoms with Gasteiger partial charge in [0.25, 0.3) is 0 Å². The number of alkyl halides is 3. The highest BCUT2D eigenvalue weighted by atomic mass is 19.4. The molecule has 0 atom stereocenters. The van der Waals surface area contributed by atoms with Crippen molar-refractivity contribution in [3.05, 3.63) is 36.0 Å². The van der Waals surface area contributed by atoms with Gasteiger partial charge in [-0.05, 0) is 12.1 Å². The number of nitrogens with two attached hydrogens (primary N) is 1. The van der Waals surface area contributed by atoms with Crippen LogP contribution in [-0.2, 0) is 6.18 Å². The highest BCUT2D eigenvalue weighted by Crippen LogP contribution is 2.33. The third kappa shape index (κ3) is 1.71. The molecule has 2 rings (SSSR count). The predicted octanol–water partition coefficient (Wildman–Crippen LogP) is 1.87. The highest BCUT2D eigenvalue weighted by molar-refractivity contribution is 5.46. The van der Waals surface area contributed by atoms with E-state index in [0.29, 0.717) is 0 Å². The fourth-order valence-corrected chi connectivity index (χ4v) is 1.33. The van der Waals surface area contributed by atoms with Gasteiger partial charge in [-0.3, -0.25) is 0 Å². The Morgan fingerprint density at radius 3 is 2.44 bits per heavy atom.